The number of rotatable bonds is 3. The first-order chi connectivity index (χ1) is 9.63. The first-order valence-electron chi connectivity index (χ1n) is 7.74. The van der Waals surface area contributed by atoms with Crippen LogP contribution in [0, 0.1) is 6.92 Å². The normalized spacial score (nSPS) is 29.3. The number of hydrogen-bond acceptors (Lipinski definition) is 2. The van der Waals surface area contributed by atoms with Crippen LogP contribution in [0.2, 0.25) is 0 Å². The second-order valence-corrected chi connectivity index (χ2v) is 6.92. The van der Waals surface area contributed by atoms with E-state index in [0.29, 0.717) is 11.4 Å². The quantitative estimate of drug-likeness (QED) is 0.787. The second kappa shape index (κ2) is 5.95. The number of nitrogens with zero attached hydrogens (tertiary/aromatic N) is 1. The molecule has 3 rings (SSSR count). The fourth-order valence-corrected chi connectivity index (χ4v) is 4.04. The molecule has 110 valence electrons. The lowest BCUT2D eigenvalue weighted by Gasteiger charge is -2.35. The number of fused-ring (bicyclic) bond motifs is 1. The van der Waals surface area contributed by atoms with Gasteiger partial charge >= 0.3 is 0 Å². The number of hydrogen-bond donors (Lipinski definition) is 0. The van der Waals surface area contributed by atoms with Crippen molar-refractivity contribution in [2.45, 2.75) is 56.6 Å². The lowest BCUT2D eigenvalue weighted by Crippen LogP contribution is -2.45. The molecule has 1 saturated carbocycles. The first kappa shape index (κ1) is 14.2. The van der Waals surface area contributed by atoms with Crippen LogP contribution in [0.25, 0.3) is 0 Å². The van der Waals surface area contributed by atoms with Crippen molar-refractivity contribution in [3.8, 4) is 5.75 Å². The minimum atomic E-state index is 0.280. The van der Waals surface area contributed by atoms with Gasteiger partial charge in [-0.2, -0.15) is 0 Å². The van der Waals surface area contributed by atoms with Gasteiger partial charge in [-0.15, -0.1) is 11.6 Å². The molecule has 3 heteroatoms. The van der Waals surface area contributed by atoms with Crippen LogP contribution in [0.3, 0.4) is 0 Å². The predicted molar refractivity (Wildman–Crippen MR) is 83.8 cm³/mol. The molecule has 1 aromatic rings. The van der Waals surface area contributed by atoms with Crippen molar-refractivity contribution in [1.82, 2.24) is 4.90 Å². The summed E-state index contributed by atoms with van der Waals surface area (Å²) >= 11 is 6.49. The van der Waals surface area contributed by atoms with E-state index in [1.165, 1.54) is 30.4 Å². The van der Waals surface area contributed by atoms with Gasteiger partial charge < -0.3 is 4.74 Å². The summed E-state index contributed by atoms with van der Waals surface area (Å²) in [6.45, 7) is 3.11. The molecule has 1 aromatic carbocycles. The number of aryl methyl sites for hydroxylation is 1. The molecule has 0 amide bonds. The summed E-state index contributed by atoms with van der Waals surface area (Å²) in [5.41, 5.74) is 2.67. The Balaban J connectivity index is 1.59. The van der Waals surface area contributed by atoms with Gasteiger partial charge in [-0.1, -0.05) is 30.5 Å². The fraction of sp³-hybridized carbons (Fsp3) is 0.647. The minimum Gasteiger partial charge on any atom is -0.488 e. The molecular weight excluding hydrogens is 270 g/mol. The first-order valence-corrected chi connectivity index (χ1v) is 8.17. The molecule has 0 N–H and O–H groups in total. The highest BCUT2D eigenvalue weighted by Gasteiger charge is 2.30. The molecule has 1 aliphatic heterocycles. The van der Waals surface area contributed by atoms with Gasteiger partial charge in [0.05, 0.1) is 0 Å². The molecule has 0 bridgehead atoms. The lowest BCUT2D eigenvalue weighted by atomic mass is 9.93. The van der Waals surface area contributed by atoms with Crippen molar-refractivity contribution in [2.24, 2.45) is 0 Å². The Hall–Kier alpha value is -0.730. The van der Waals surface area contributed by atoms with Crippen LogP contribution >= 0.6 is 11.6 Å². The van der Waals surface area contributed by atoms with Crippen molar-refractivity contribution in [1.29, 1.82) is 0 Å². The van der Waals surface area contributed by atoms with Gasteiger partial charge in [0, 0.05) is 24.4 Å². The van der Waals surface area contributed by atoms with Crippen LogP contribution in [-0.4, -0.2) is 36.0 Å². The Morgan fingerprint density at radius 1 is 1.30 bits per heavy atom. The minimum absolute atomic E-state index is 0.280. The molecule has 3 unspecified atom stereocenters. The molecule has 2 nitrogen and oxygen atoms in total. The molecule has 0 saturated heterocycles. The highest BCUT2D eigenvalue weighted by molar-refractivity contribution is 6.21. The van der Waals surface area contributed by atoms with Crippen LogP contribution in [-0.2, 0) is 6.42 Å². The third kappa shape index (κ3) is 2.96. The van der Waals surface area contributed by atoms with Crippen molar-refractivity contribution in [3.63, 3.8) is 0 Å². The van der Waals surface area contributed by atoms with Gasteiger partial charge in [-0.3, -0.25) is 4.90 Å². The number of halogens is 1. The number of alkyl halides is 1. The zero-order chi connectivity index (χ0) is 14.1. The summed E-state index contributed by atoms with van der Waals surface area (Å²) in [7, 11) is 2.20. The third-order valence-electron chi connectivity index (χ3n) is 4.66. The summed E-state index contributed by atoms with van der Waals surface area (Å²) in [4.78, 5) is 2.42. The van der Waals surface area contributed by atoms with Gasteiger partial charge in [-0.25, -0.2) is 0 Å². The summed E-state index contributed by atoms with van der Waals surface area (Å²) in [5, 5.41) is 0.305. The standard InChI is InChI=1S/C17H24ClNO/c1-12-7-8-17-13(9-12)10-14(20-17)11-19(2)16-6-4-3-5-15(16)18/h7-9,14-16H,3-6,10-11H2,1-2H3. The average molecular weight is 294 g/mol. The Labute approximate surface area is 127 Å². The fourth-order valence-electron chi connectivity index (χ4n) is 3.57. The van der Waals surface area contributed by atoms with Crippen LogP contribution in [0.4, 0.5) is 0 Å². The zero-order valence-corrected chi connectivity index (χ0v) is 13.2. The van der Waals surface area contributed by atoms with Gasteiger partial charge in [0.1, 0.15) is 11.9 Å². The van der Waals surface area contributed by atoms with E-state index in [0.717, 1.165) is 25.1 Å². The molecule has 3 atom stereocenters. The maximum absolute atomic E-state index is 6.49. The molecule has 0 spiro atoms. The van der Waals surface area contributed by atoms with E-state index in [1.54, 1.807) is 0 Å². The number of ether oxygens (including phenoxy) is 1. The van der Waals surface area contributed by atoms with Crippen molar-refractivity contribution in [2.75, 3.05) is 13.6 Å². The lowest BCUT2D eigenvalue weighted by molar-refractivity contribution is 0.122. The summed E-state index contributed by atoms with van der Waals surface area (Å²) in [6, 6.07) is 7.00. The number of benzene rings is 1. The van der Waals surface area contributed by atoms with Crippen LogP contribution in [0.15, 0.2) is 18.2 Å². The van der Waals surface area contributed by atoms with Crippen LogP contribution < -0.4 is 4.74 Å². The van der Waals surface area contributed by atoms with Crippen molar-refractivity contribution < 1.29 is 4.74 Å². The van der Waals surface area contributed by atoms with Crippen molar-refractivity contribution >= 4 is 11.6 Å². The van der Waals surface area contributed by atoms with E-state index in [9.17, 15) is 0 Å². The van der Waals surface area contributed by atoms with E-state index in [2.05, 4.69) is 37.1 Å². The molecule has 1 heterocycles. The molecular formula is C17H24ClNO. The Bertz CT molecular complexity index is 476. The van der Waals surface area contributed by atoms with E-state index >= 15 is 0 Å². The Morgan fingerprint density at radius 2 is 2.10 bits per heavy atom. The monoisotopic (exact) mass is 293 g/mol. The Kier molecular flexibility index (Phi) is 4.23. The van der Waals surface area contributed by atoms with Crippen molar-refractivity contribution in [3.05, 3.63) is 29.3 Å². The van der Waals surface area contributed by atoms with E-state index in [4.69, 9.17) is 16.3 Å². The van der Waals surface area contributed by atoms with Gasteiger partial charge in [0.25, 0.3) is 0 Å². The number of likely N-dealkylation sites (N-methyl/N-ethyl adjacent to an activating group) is 1. The van der Waals surface area contributed by atoms with E-state index in [1.807, 2.05) is 0 Å². The zero-order valence-electron chi connectivity index (χ0n) is 12.4. The summed E-state index contributed by atoms with van der Waals surface area (Å²) < 4.78 is 6.07. The van der Waals surface area contributed by atoms with E-state index < -0.39 is 0 Å². The highest BCUT2D eigenvalue weighted by Crippen LogP contribution is 2.31. The average Bonchev–Trinajstić information content (AvgIpc) is 2.80. The molecule has 0 aromatic heterocycles. The van der Waals surface area contributed by atoms with E-state index in [-0.39, 0.29) is 6.10 Å². The Morgan fingerprint density at radius 3 is 2.90 bits per heavy atom. The van der Waals surface area contributed by atoms with Gasteiger partial charge in [-0.05, 0) is 38.4 Å². The maximum atomic E-state index is 6.49. The van der Waals surface area contributed by atoms with Crippen LogP contribution in [0.5, 0.6) is 5.75 Å². The highest BCUT2D eigenvalue weighted by atomic mass is 35.5. The maximum Gasteiger partial charge on any atom is 0.123 e. The van der Waals surface area contributed by atoms with Gasteiger partial charge in [0.15, 0.2) is 0 Å². The SMILES string of the molecule is Cc1ccc2c(c1)CC(CN(C)C1CCCCC1Cl)O2. The predicted octanol–water partition coefficient (Wildman–Crippen LogP) is 3.78. The summed E-state index contributed by atoms with van der Waals surface area (Å²) in [6.07, 6.45) is 6.28. The molecule has 1 fully saturated rings. The molecule has 2 aliphatic rings. The molecule has 20 heavy (non-hydrogen) atoms. The van der Waals surface area contributed by atoms with Crippen LogP contribution in [0.1, 0.15) is 36.8 Å². The van der Waals surface area contributed by atoms with Gasteiger partial charge in [0.2, 0.25) is 0 Å². The smallest absolute Gasteiger partial charge is 0.123 e. The third-order valence-corrected chi connectivity index (χ3v) is 5.17. The largest absolute Gasteiger partial charge is 0.488 e. The molecule has 0 radical (unpaired) electrons. The topological polar surface area (TPSA) is 12.5 Å². The second-order valence-electron chi connectivity index (χ2n) is 6.36. The summed E-state index contributed by atoms with van der Waals surface area (Å²) in [5.74, 6) is 1.07. The molecule has 1 aliphatic carbocycles.